The van der Waals surface area contributed by atoms with E-state index in [2.05, 4.69) is 122 Å². The zero-order chi connectivity index (χ0) is 25.5. The maximum atomic E-state index is 4.78. The molecule has 0 fully saturated rings. The number of hydrogen-bond acceptors (Lipinski definition) is 2. The number of hydrogen-bond donors (Lipinski definition) is 0. The molecule has 3 heteroatoms. The molecule has 37 heavy (non-hydrogen) atoms. The van der Waals surface area contributed by atoms with Crippen LogP contribution in [0.2, 0.25) is 0 Å². The number of imidazole rings is 1. The largest absolute Gasteiger partial charge is 0.364 e. The number of aromatic nitrogens is 2. The standard InChI is InChI=1S/C34H37N3/c1-5-24-20-27(26-16-17-32-30(21-26)28-14-10-11-15-31(28)36(32)6-2)22-29(23(3)4)33(24)37-19-18-35-34(37)25-12-8-7-9-13-25/h7-19,21-23,27,30,32H,5-6,20H2,1-4H3. The monoisotopic (exact) mass is 487 g/mol. The third-order valence-electron chi connectivity index (χ3n) is 8.38. The summed E-state index contributed by atoms with van der Waals surface area (Å²) in [6.45, 7) is 10.3. The van der Waals surface area contributed by atoms with Gasteiger partial charge in [0.2, 0.25) is 0 Å². The van der Waals surface area contributed by atoms with Gasteiger partial charge in [0.1, 0.15) is 5.82 Å². The highest BCUT2D eigenvalue weighted by atomic mass is 15.2. The Morgan fingerprint density at radius 1 is 0.973 bits per heavy atom. The normalized spacial score (nSPS) is 22.7. The molecule has 3 aromatic rings. The van der Waals surface area contributed by atoms with Crippen LogP contribution in [0.15, 0.2) is 108 Å². The highest BCUT2D eigenvalue weighted by Crippen LogP contribution is 2.47. The average Bonchev–Trinajstić information content (AvgIpc) is 3.55. The zero-order valence-electron chi connectivity index (χ0n) is 22.4. The lowest BCUT2D eigenvalue weighted by atomic mass is 9.76. The molecular formula is C34H37N3. The van der Waals surface area contributed by atoms with Crippen LogP contribution in [0, 0.1) is 11.8 Å². The second-order valence-electron chi connectivity index (χ2n) is 10.8. The molecule has 2 heterocycles. The molecule has 3 nitrogen and oxygen atoms in total. The lowest BCUT2D eigenvalue weighted by Crippen LogP contribution is -2.33. The van der Waals surface area contributed by atoms with E-state index in [1.54, 1.807) is 0 Å². The number of para-hydroxylation sites is 1. The molecule has 0 N–H and O–H groups in total. The highest BCUT2D eigenvalue weighted by molar-refractivity contribution is 5.75. The second kappa shape index (κ2) is 9.70. The predicted molar refractivity (Wildman–Crippen MR) is 155 cm³/mol. The van der Waals surface area contributed by atoms with Gasteiger partial charge in [-0.1, -0.05) is 93.6 Å². The first kappa shape index (κ1) is 23.8. The molecule has 3 aliphatic rings. The molecule has 3 atom stereocenters. The van der Waals surface area contributed by atoms with E-state index in [-0.39, 0.29) is 0 Å². The average molecular weight is 488 g/mol. The van der Waals surface area contributed by atoms with E-state index in [0.29, 0.717) is 23.8 Å². The number of likely N-dealkylation sites (N-methyl/N-ethyl adjacent to an activating group) is 1. The van der Waals surface area contributed by atoms with Gasteiger partial charge in [-0.3, -0.25) is 4.57 Å². The van der Waals surface area contributed by atoms with Crippen LogP contribution < -0.4 is 4.90 Å². The molecule has 188 valence electrons. The smallest absolute Gasteiger partial charge is 0.144 e. The summed E-state index contributed by atoms with van der Waals surface area (Å²) in [6, 6.07) is 20.0. The van der Waals surface area contributed by atoms with Crippen molar-refractivity contribution in [3.05, 3.63) is 114 Å². The van der Waals surface area contributed by atoms with Crippen molar-refractivity contribution in [3.8, 4) is 11.4 Å². The number of nitrogens with zero attached hydrogens (tertiary/aromatic N) is 3. The highest BCUT2D eigenvalue weighted by Gasteiger charge is 2.37. The van der Waals surface area contributed by atoms with Crippen molar-refractivity contribution in [2.75, 3.05) is 11.4 Å². The Morgan fingerprint density at radius 2 is 1.76 bits per heavy atom. The molecule has 0 saturated carbocycles. The van der Waals surface area contributed by atoms with Crippen molar-refractivity contribution >= 4 is 11.4 Å². The van der Waals surface area contributed by atoms with Gasteiger partial charge in [-0.05, 0) is 54.0 Å². The first-order valence-corrected chi connectivity index (χ1v) is 13.9. The van der Waals surface area contributed by atoms with E-state index in [4.69, 9.17) is 4.98 Å². The van der Waals surface area contributed by atoms with Crippen LogP contribution in [0.1, 0.15) is 52.0 Å². The van der Waals surface area contributed by atoms with Gasteiger partial charge >= 0.3 is 0 Å². The van der Waals surface area contributed by atoms with Crippen LogP contribution in [0.3, 0.4) is 0 Å². The first-order valence-electron chi connectivity index (χ1n) is 13.9. The molecule has 0 saturated heterocycles. The SMILES string of the molecule is CCC1=C(n2ccnc2-c2ccccc2)C(C(C)C)=CC(C2=CC3c4ccccc4N(CC)C3C=C2)C1. The van der Waals surface area contributed by atoms with Gasteiger partial charge in [0.25, 0.3) is 0 Å². The van der Waals surface area contributed by atoms with Crippen molar-refractivity contribution in [2.45, 2.75) is 52.5 Å². The molecular weight excluding hydrogens is 450 g/mol. The van der Waals surface area contributed by atoms with E-state index in [0.717, 1.165) is 30.8 Å². The van der Waals surface area contributed by atoms with E-state index in [1.165, 1.54) is 33.7 Å². The Bertz CT molecular complexity index is 1420. The minimum atomic E-state index is 0.403. The third kappa shape index (κ3) is 4.01. The predicted octanol–water partition coefficient (Wildman–Crippen LogP) is 8.26. The van der Waals surface area contributed by atoms with Crippen molar-refractivity contribution in [1.82, 2.24) is 9.55 Å². The van der Waals surface area contributed by atoms with Gasteiger partial charge in [-0.2, -0.15) is 0 Å². The molecule has 1 aromatic heterocycles. The summed E-state index contributed by atoms with van der Waals surface area (Å²) >= 11 is 0. The van der Waals surface area contributed by atoms with Crippen molar-refractivity contribution < 1.29 is 0 Å². The van der Waals surface area contributed by atoms with Gasteiger partial charge < -0.3 is 4.90 Å². The molecule has 0 radical (unpaired) electrons. The van der Waals surface area contributed by atoms with E-state index >= 15 is 0 Å². The van der Waals surface area contributed by atoms with E-state index in [1.807, 2.05) is 6.20 Å². The number of fused-ring (bicyclic) bond motifs is 3. The zero-order valence-corrected chi connectivity index (χ0v) is 22.4. The van der Waals surface area contributed by atoms with Gasteiger partial charge in [0.15, 0.2) is 0 Å². The van der Waals surface area contributed by atoms with Gasteiger partial charge in [-0.15, -0.1) is 0 Å². The first-order chi connectivity index (χ1) is 18.1. The van der Waals surface area contributed by atoms with Gasteiger partial charge in [0.05, 0.1) is 6.04 Å². The number of allylic oxidation sites excluding steroid dienone is 6. The number of rotatable bonds is 6. The molecule has 6 rings (SSSR count). The van der Waals surface area contributed by atoms with E-state index in [9.17, 15) is 0 Å². The lowest BCUT2D eigenvalue weighted by Gasteiger charge is -2.33. The maximum absolute atomic E-state index is 4.78. The minimum Gasteiger partial charge on any atom is -0.364 e. The van der Waals surface area contributed by atoms with Crippen molar-refractivity contribution in [2.24, 2.45) is 11.8 Å². The molecule has 0 spiro atoms. The fourth-order valence-electron chi connectivity index (χ4n) is 6.59. The van der Waals surface area contributed by atoms with Crippen LogP contribution in [0.25, 0.3) is 17.1 Å². The van der Waals surface area contributed by atoms with Crippen LogP contribution in [-0.4, -0.2) is 22.1 Å². The van der Waals surface area contributed by atoms with Crippen LogP contribution in [0.5, 0.6) is 0 Å². The summed E-state index contributed by atoms with van der Waals surface area (Å²) in [5, 5.41) is 0. The summed E-state index contributed by atoms with van der Waals surface area (Å²) < 4.78 is 2.34. The van der Waals surface area contributed by atoms with Crippen molar-refractivity contribution in [1.29, 1.82) is 0 Å². The molecule has 1 aliphatic heterocycles. The topological polar surface area (TPSA) is 21.1 Å². The Balaban J connectivity index is 1.39. The molecule has 0 bridgehead atoms. The van der Waals surface area contributed by atoms with Gasteiger partial charge in [-0.25, -0.2) is 4.98 Å². The second-order valence-corrected chi connectivity index (χ2v) is 10.8. The van der Waals surface area contributed by atoms with Crippen LogP contribution in [0.4, 0.5) is 5.69 Å². The molecule has 2 aromatic carbocycles. The lowest BCUT2D eigenvalue weighted by molar-refractivity contribution is 0.644. The third-order valence-corrected chi connectivity index (χ3v) is 8.38. The quantitative estimate of drug-likeness (QED) is 0.349. The summed E-state index contributed by atoms with van der Waals surface area (Å²) in [5.74, 6) is 2.28. The van der Waals surface area contributed by atoms with E-state index < -0.39 is 0 Å². The molecule has 0 amide bonds. The van der Waals surface area contributed by atoms with Gasteiger partial charge in [0, 0.05) is 47.7 Å². The maximum Gasteiger partial charge on any atom is 0.144 e. The fourth-order valence-corrected chi connectivity index (χ4v) is 6.59. The molecule has 2 aliphatic carbocycles. The Labute approximate surface area is 221 Å². The summed E-state index contributed by atoms with van der Waals surface area (Å²) in [4.78, 5) is 7.34. The van der Waals surface area contributed by atoms with Crippen LogP contribution >= 0.6 is 0 Å². The number of anilines is 1. The number of benzene rings is 2. The summed E-state index contributed by atoms with van der Waals surface area (Å²) in [7, 11) is 0. The van der Waals surface area contributed by atoms with Crippen LogP contribution in [-0.2, 0) is 0 Å². The fraction of sp³-hybridized carbons (Fsp3) is 0.324. The summed E-state index contributed by atoms with van der Waals surface area (Å²) in [6.07, 6.45) is 16.2. The minimum absolute atomic E-state index is 0.403. The Morgan fingerprint density at radius 3 is 2.51 bits per heavy atom. The van der Waals surface area contributed by atoms with Crippen molar-refractivity contribution in [3.63, 3.8) is 0 Å². The Hall–Kier alpha value is -3.59. The Kier molecular flexibility index (Phi) is 6.24. The summed E-state index contributed by atoms with van der Waals surface area (Å²) in [5.41, 5.74) is 9.79. The molecule has 3 unspecified atom stereocenters.